The SMILES string of the molecule is CC(=O)N1CCN(c2cnnc(NCc3ccc(C)cc3)n2)CC1. The Balaban J connectivity index is 1.60. The fourth-order valence-corrected chi connectivity index (χ4v) is 2.66. The van der Waals surface area contributed by atoms with Gasteiger partial charge in [-0.15, -0.1) is 5.10 Å². The van der Waals surface area contributed by atoms with Crippen LogP contribution >= 0.6 is 0 Å². The third-order valence-electron chi connectivity index (χ3n) is 4.17. The van der Waals surface area contributed by atoms with E-state index in [4.69, 9.17) is 0 Å². The first-order valence-corrected chi connectivity index (χ1v) is 8.11. The quantitative estimate of drug-likeness (QED) is 0.917. The molecule has 7 heteroatoms. The summed E-state index contributed by atoms with van der Waals surface area (Å²) < 4.78 is 0. The van der Waals surface area contributed by atoms with Gasteiger partial charge in [0, 0.05) is 39.6 Å². The summed E-state index contributed by atoms with van der Waals surface area (Å²) in [5.41, 5.74) is 2.41. The molecule has 1 aromatic carbocycles. The van der Waals surface area contributed by atoms with Gasteiger partial charge in [-0.25, -0.2) is 0 Å². The van der Waals surface area contributed by atoms with E-state index >= 15 is 0 Å². The molecule has 1 aliphatic heterocycles. The molecule has 1 N–H and O–H groups in total. The summed E-state index contributed by atoms with van der Waals surface area (Å²) in [6.07, 6.45) is 1.67. The lowest BCUT2D eigenvalue weighted by Crippen LogP contribution is -2.48. The van der Waals surface area contributed by atoms with Crippen LogP contribution in [-0.4, -0.2) is 52.2 Å². The number of carbonyl (C=O) groups is 1. The molecule has 1 amide bonds. The van der Waals surface area contributed by atoms with E-state index in [1.165, 1.54) is 11.1 Å². The lowest BCUT2D eigenvalue weighted by atomic mass is 10.1. The van der Waals surface area contributed by atoms with Crippen LogP contribution in [0.2, 0.25) is 0 Å². The van der Waals surface area contributed by atoms with E-state index in [2.05, 4.69) is 56.6 Å². The minimum atomic E-state index is 0.121. The number of aromatic nitrogens is 3. The zero-order chi connectivity index (χ0) is 16.9. The van der Waals surface area contributed by atoms with Crippen LogP contribution in [0.4, 0.5) is 11.8 Å². The Morgan fingerprint density at radius 3 is 2.54 bits per heavy atom. The summed E-state index contributed by atoms with van der Waals surface area (Å²) in [5.74, 6) is 1.43. The van der Waals surface area contributed by atoms with Gasteiger partial charge in [0.05, 0.1) is 6.20 Å². The highest BCUT2D eigenvalue weighted by molar-refractivity contribution is 5.73. The predicted molar refractivity (Wildman–Crippen MR) is 92.8 cm³/mol. The van der Waals surface area contributed by atoms with E-state index in [9.17, 15) is 4.79 Å². The number of amides is 1. The van der Waals surface area contributed by atoms with Gasteiger partial charge in [0.25, 0.3) is 0 Å². The van der Waals surface area contributed by atoms with Gasteiger partial charge in [0.15, 0.2) is 5.82 Å². The Hall–Kier alpha value is -2.70. The molecule has 0 spiro atoms. The van der Waals surface area contributed by atoms with Crippen LogP contribution in [0.3, 0.4) is 0 Å². The minimum Gasteiger partial charge on any atom is -0.352 e. The molecule has 1 fully saturated rings. The number of nitrogens with zero attached hydrogens (tertiary/aromatic N) is 5. The molecule has 7 nitrogen and oxygen atoms in total. The highest BCUT2D eigenvalue weighted by atomic mass is 16.2. The van der Waals surface area contributed by atoms with Gasteiger partial charge in [0.2, 0.25) is 11.9 Å². The average Bonchev–Trinajstić information content (AvgIpc) is 2.61. The predicted octanol–water partition coefficient (Wildman–Crippen LogP) is 1.46. The van der Waals surface area contributed by atoms with Gasteiger partial charge in [-0.1, -0.05) is 29.8 Å². The maximum absolute atomic E-state index is 11.4. The summed E-state index contributed by atoms with van der Waals surface area (Å²) in [5, 5.41) is 11.3. The van der Waals surface area contributed by atoms with Crippen molar-refractivity contribution in [1.82, 2.24) is 20.1 Å². The van der Waals surface area contributed by atoms with Crippen LogP contribution < -0.4 is 10.2 Å². The number of aryl methyl sites for hydroxylation is 1. The Morgan fingerprint density at radius 1 is 1.17 bits per heavy atom. The van der Waals surface area contributed by atoms with Crippen molar-refractivity contribution in [3.63, 3.8) is 0 Å². The fraction of sp³-hybridized carbons (Fsp3) is 0.412. The first-order valence-electron chi connectivity index (χ1n) is 8.11. The second-order valence-electron chi connectivity index (χ2n) is 5.97. The highest BCUT2D eigenvalue weighted by Crippen LogP contribution is 2.14. The van der Waals surface area contributed by atoms with Crippen LogP contribution in [0.1, 0.15) is 18.1 Å². The maximum atomic E-state index is 11.4. The molecule has 0 saturated carbocycles. The topological polar surface area (TPSA) is 74.2 Å². The highest BCUT2D eigenvalue weighted by Gasteiger charge is 2.20. The lowest BCUT2D eigenvalue weighted by molar-refractivity contribution is -0.129. The smallest absolute Gasteiger partial charge is 0.244 e. The van der Waals surface area contributed by atoms with Gasteiger partial charge in [-0.05, 0) is 12.5 Å². The van der Waals surface area contributed by atoms with E-state index < -0.39 is 0 Å². The molecule has 3 rings (SSSR count). The first kappa shape index (κ1) is 16.2. The second kappa shape index (κ2) is 7.25. The number of rotatable bonds is 4. The normalized spacial score (nSPS) is 14.6. The third-order valence-corrected chi connectivity index (χ3v) is 4.17. The van der Waals surface area contributed by atoms with Crippen molar-refractivity contribution < 1.29 is 4.79 Å². The van der Waals surface area contributed by atoms with Crippen molar-refractivity contribution in [2.24, 2.45) is 0 Å². The van der Waals surface area contributed by atoms with Crippen molar-refractivity contribution in [3.05, 3.63) is 41.6 Å². The second-order valence-corrected chi connectivity index (χ2v) is 5.97. The first-order chi connectivity index (χ1) is 11.6. The van der Waals surface area contributed by atoms with Gasteiger partial charge in [-0.3, -0.25) is 4.79 Å². The Kier molecular flexibility index (Phi) is 4.88. The van der Waals surface area contributed by atoms with E-state index in [1.807, 2.05) is 4.90 Å². The molecule has 1 saturated heterocycles. The van der Waals surface area contributed by atoms with Crippen LogP contribution in [0, 0.1) is 6.92 Å². The molecule has 0 unspecified atom stereocenters. The fourth-order valence-electron chi connectivity index (χ4n) is 2.66. The van der Waals surface area contributed by atoms with Crippen molar-refractivity contribution in [1.29, 1.82) is 0 Å². The van der Waals surface area contributed by atoms with Gasteiger partial charge >= 0.3 is 0 Å². The number of piperazine rings is 1. The van der Waals surface area contributed by atoms with Crippen LogP contribution in [0.5, 0.6) is 0 Å². The molecular weight excluding hydrogens is 304 g/mol. The zero-order valence-electron chi connectivity index (χ0n) is 14.1. The molecule has 0 radical (unpaired) electrons. The van der Waals surface area contributed by atoms with E-state index in [0.29, 0.717) is 25.6 Å². The van der Waals surface area contributed by atoms with Gasteiger partial charge in [0.1, 0.15) is 0 Å². The number of hydrogen-bond acceptors (Lipinski definition) is 6. The number of nitrogens with one attached hydrogen (secondary N) is 1. The van der Waals surface area contributed by atoms with Gasteiger partial charge < -0.3 is 15.1 Å². The summed E-state index contributed by atoms with van der Waals surface area (Å²) in [6.45, 7) is 7.28. The molecular formula is C17H22N6O. The molecule has 126 valence electrons. The monoisotopic (exact) mass is 326 g/mol. The third kappa shape index (κ3) is 3.98. The summed E-state index contributed by atoms with van der Waals surface area (Å²) in [4.78, 5) is 19.9. The molecule has 1 aromatic heterocycles. The number of benzene rings is 1. The average molecular weight is 326 g/mol. The Morgan fingerprint density at radius 2 is 1.88 bits per heavy atom. The van der Waals surface area contributed by atoms with E-state index in [0.717, 1.165) is 18.9 Å². The maximum Gasteiger partial charge on any atom is 0.244 e. The molecule has 0 bridgehead atoms. The summed E-state index contributed by atoms with van der Waals surface area (Å²) in [7, 11) is 0. The molecule has 2 heterocycles. The lowest BCUT2D eigenvalue weighted by Gasteiger charge is -2.34. The molecule has 24 heavy (non-hydrogen) atoms. The standard InChI is InChI=1S/C17H22N6O/c1-13-3-5-15(6-4-13)11-18-17-20-16(12-19-21-17)23-9-7-22(8-10-23)14(2)24/h3-6,12H,7-11H2,1-2H3,(H,18,20,21). The Bertz CT molecular complexity index is 694. The van der Waals surface area contributed by atoms with Crippen LogP contribution in [-0.2, 0) is 11.3 Å². The molecule has 2 aromatic rings. The van der Waals surface area contributed by atoms with Crippen molar-refractivity contribution >= 4 is 17.7 Å². The minimum absolute atomic E-state index is 0.121. The summed E-state index contributed by atoms with van der Waals surface area (Å²) >= 11 is 0. The number of anilines is 2. The molecule has 0 aliphatic carbocycles. The largest absolute Gasteiger partial charge is 0.352 e. The van der Waals surface area contributed by atoms with E-state index in [-0.39, 0.29) is 5.91 Å². The zero-order valence-corrected chi connectivity index (χ0v) is 14.1. The van der Waals surface area contributed by atoms with Crippen molar-refractivity contribution in [2.45, 2.75) is 20.4 Å². The number of carbonyl (C=O) groups excluding carboxylic acids is 1. The van der Waals surface area contributed by atoms with Crippen LogP contribution in [0.15, 0.2) is 30.5 Å². The molecule has 0 atom stereocenters. The number of hydrogen-bond donors (Lipinski definition) is 1. The Labute approximate surface area is 141 Å². The molecule has 1 aliphatic rings. The van der Waals surface area contributed by atoms with Crippen molar-refractivity contribution in [2.75, 3.05) is 36.4 Å². The van der Waals surface area contributed by atoms with Gasteiger partial charge in [-0.2, -0.15) is 10.1 Å². The van der Waals surface area contributed by atoms with Crippen LogP contribution in [0.25, 0.3) is 0 Å². The van der Waals surface area contributed by atoms with E-state index in [1.54, 1.807) is 13.1 Å². The van der Waals surface area contributed by atoms with Crippen molar-refractivity contribution in [3.8, 4) is 0 Å². The summed E-state index contributed by atoms with van der Waals surface area (Å²) in [6, 6.07) is 8.34.